The predicted octanol–water partition coefficient (Wildman–Crippen LogP) is 0.650. The minimum atomic E-state index is -0.435. The summed E-state index contributed by atoms with van der Waals surface area (Å²) < 4.78 is 1.02. The zero-order valence-corrected chi connectivity index (χ0v) is 17.9. The number of amides is 3. The number of rotatable bonds is 2. The van der Waals surface area contributed by atoms with E-state index in [-0.39, 0.29) is 18.0 Å². The fraction of sp³-hybridized carbons (Fsp3) is 0.550. The first kappa shape index (κ1) is 20.3. The fourth-order valence-electron chi connectivity index (χ4n) is 4.17. The summed E-state index contributed by atoms with van der Waals surface area (Å²) in [5.41, 5.74) is 7.45. The van der Waals surface area contributed by atoms with Crippen LogP contribution in [0, 0.1) is 0 Å². The molecule has 3 fully saturated rings. The number of likely N-dealkylation sites (tertiary alicyclic amines) is 1. The molecule has 2 atom stereocenters. The first-order valence-electron chi connectivity index (χ1n) is 10.2. The second-order valence-electron chi connectivity index (χ2n) is 7.80. The molecule has 0 aromatic heterocycles. The lowest BCUT2D eigenvalue weighted by Gasteiger charge is -2.36. The van der Waals surface area contributed by atoms with Crippen molar-refractivity contribution in [1.82, 2.24) is 25.6 Å². The molecule has 2 N–H and O–H groups in total. The van der Waals surface area contributed by atoms with Gasteiger partial charge in [-0.3, -0.25) is 14.4 Å². The molecule has 1 aromatic rings. The highest BCUT2D eigenvalue weighted by Crippen LogP contribution is 2.25. The fourth-order valence-corrected chi connectivity index (χ4v) is 4.44. The van der Waals surface area contributed by atoms with Crippen LogP contribution >= 0.6 is 15.9 Å². The number of hydrazine groups is 1. The smallest absolute Gasteiger partial charge is 0.312 e. The number of carbonyl (C=O) groups excluding carboxylic acids is 3. The Morgan fingerprint density at radius 1 is 0.793 bits per heavy atom. The molecule has 8 nitrogen and oxygen atoms in total. The predicted molar refractivity (Wildman–Crippen MR) is 111 cm³/mol. The van der Waals surface area contributed by atoms with Crippen LogP contribution in [-0.2, 0) is 14.4 Å². The van der Waals surface area contributed by atoms with Gasteiger partial charge in [0.1, 0.15) is 6.04 Å². The van der Waals surface area contributed by atoms with Crippen molar-refractivity contribution in [3.8, 4) is 0 Å². The summed E-state index contributed by atoms with van der Waals surface area (Å²) >= 11 is 3.44. The largest absolute Gasteiger partial charge is 0.338 e. The van der Waals surface area contributed by atoms with Crippen LogP contribution in [0.1, 0.15) is 30.9 Å². The van der Waals surface area contributed by atoms with E-state index < -0.39 is 11.8 Å². The Bertz CT molecular complexity index is 773. The molecule has 0 saturated carbocycles. The van der Waals surface area contributed by atoms with Gasteiger partial charge in [0.05, 0.1) is 0 Å². The molecule has 3 amide bonds. The van der Waals surface area contributed by atoms with Crippen LogP contribution in [-0.4, -0.2) is 77.7 Å². The highest BCUT2D eigenvalue weighted by Gasteiger charge is 2.36. The van der Waals surface area contributed by atoms with Crippen molar-refractivity contribution in [2.45, 2.75) is 31.3 Å². The normalized spacial score (nSPS) is 24.8. The first-order valence-corrected chi connectivity index (χ1v) is 11.0. The first-order chi connectivity index (χ1) is 14.0. The third-order valence-corrected chi connectivity index (χ3v) is 6.46. The summed E-state index contributed by atoms with van der Waals surface area (Å²) in [6, 6.07) is 7.85. The van der Waals surface area contributed by atoms with E-state index in [9.17, 15) is 14.4 Å². The van der Waals surface area contributed by atoms with Crippen LogP contribution < -0.4 is 10.9 Å². The quantitative estimate of drug-likeness (QED) is 0.629. The molecule has 3 saturated heterocycles. The zero-order valence-electron chi connectivity index (χ0n) is 16.3. The van der Waals surface area contributed by atoms with Crippen LogP contribution in [0.5, 0.6) is 0 Å². The lowest BCUT2D eigenvalue weighted by atomic mass is 10.0. The van der Waals surface area contributed by atoms with E-state index in [0.29, 0.717) is 45.7 Å². The van der Waals surface area contributed by atoms with Gasteiger partial charge in [-0.25, -0.2) is 10.9 Å². The van der Waals surface area contributed by atoms with E-state index >= 15 is 0 Å². The van der Waals surface area contributed by atoms with Crippen molar-refractivity contribution >= 4 is 33.7 Å². The van der Waals surface area contributed by atoms with Crippen LogP contribution in [0.2, 0.25) is 0 Å². The van der Waals surface area contributed by atoms with Crippen molar-refractivity contribution < 1.29 is 14.4 Å². The second kappa shape index (κ2) is 8.81. The Morgan fingerprint density at radius 2 is 1.34 bits per heavy atom. The minimum absolute atomic E-state index is 0.0371. The van der Waals surface area contributed by atoms with E-state index in [0.717, 1.165) is 22.9 Å². The van der Waals surface area contributed by atoms with E-state index in [4.69, 9.17) is 0 Å². The Hall–Kier alpha value is -1.97. The summed E-state index contributed by atoms with van der Waals surface area (Å²) in [6.45, 7) is 3.06. The molecule has 29 heavy (non-hydrogen) atoms. The molecular formula is C20H26BrN5O3. The third kappa shape index (κ3) is 4.46. The SMILES string of the molecule is O=C(C(=O)N1CCN(C(=O)C2CC(c3ccc(Br)cc3)NN2)CC1)N1CCCC1. The van der Waals surface area contributed by atoms with Crippen molar-refractivity contribution in [3.05, 3.63) is 34.3 Å². The van der Waals surface area contributed by atoms with Gasteiger partial charge in [0.15, 0.2) is 0 Å². The average molecular weight is 464 g/mol. The van der Waals surface area contributed by atoms with Gasteiger partial charge in [-0.15, -0.1) is 0 Å². The molecular weight excluding hydrogens is 438 g/mol. The number of hydrogen-bond donors (Lipinski definition) is 2. The topological polar surface area (TPSA) is 85.0 Å². The van der Waals surface area contributed by atoms with E-state index in [1.54, 1.807) is 14.7 Å². The molecule has 4 rings (SSSR count). The Kier molecular flexibility index (Phi) is 6.17. The van der Waals surface area contributed by atoms with Crippen molar-refractivity contribution in [2.75, 3.05) is 39.3 Å². The van der Waals surface area contributed by atoms with Crippen LogP contribution in [0.25, 0.3) is 0 Å². The number of carbonyl (C=O) groups is 3. The van der Waals surface area contributed by atoms with Crippen LogP contribution in [0.3, 0.4) is 0 Å². The average Bonchev–Trinajstić information content (AvgIpc) is 3.45. The molecule has 3 aliphatic heterocycles. The molecule has 0 bridgehead atoms. The van der Waals surface area contributed by atoms with Gasteiger partial charge in [-0.2, -0.15) is 0 Å². The maximum Gasteiger partial charge on any atom is 0.312 e. The number of hydrogen-bond acceptors (Lipinski definition) is 5. The Labute approximate surface area is 178 Å². The van der Waals surface area contributed by atoms with Crippen molar-refractivity contribution in [3.63, 3.8) is 0 Å². The monoisotopic (exact) mass is 463 g/mol. The minimum Gasteiger partial charge on any atom is -0.338 e. The van der Waals surface area contributed by atoms with Gasteiger partial charge >= 0.3 is 11.8 Å². The van der Waals surface area contributed by atoms with E-state index in [1.165, 1.54) is 0 Å². The molecule has 0 spiro atoms. The van der Waals surface area contributed by atoms with E-state index in [1.807, 2.05) is 24.3 Å². The standard InChI is InChI=1S/C20H26BrN5O3/c21-15-5-3-14(4-6-15)16-13-17(23-22-16)18(27)25-9-11-26(12-10-25)20(29)19(28)24-7-1-2-8-24/h3-6,16-17,22-23H,1-2,7-13H2. The summed E-state index contributed by atoms with van der Waals surface area (Å²) in [7, 11) is 0. The number of nitrogens with one attached hydrogen (secondary N) is 2. The zero-order chi connectivity index (χ0) is 20.4. The van der Waals surface area contributed by atoms with Gasteiger partial charge in [0, 0.05) is 49.8 Å². The summed E-state index contributed by atoms with van der Waals surface area (Å²) in [6.07, 6.45) is 2.60. The number of benzene rings is 1. The summed E-state index contributed by atoms with van der Waals surface area (Å²) in [5, 5.41) is 0. The second-order valence-corrected chi connectivity index (χ2v) is 8.71. The molecule has 1 aromatic carbocycles. The maximum absolute atomic E-state index is 12.9. The van der Waals surface area contributed by atoms with Crippen molar-refractivity contribution in [1.29, 1.82) is 0 Å². The Balaban J connectivity index is 1.27. The summed E-state index contributed by atoms with van der Waals surface area (Å²) in [5.74, 6) is -0.800. The molecule has 3 aliphatic rings. The molecule has 2 unspecified atom stereocenters. The molecule has 0 radical (unpaired) electrons. The highest BCUT2D eigenvalue weighted by molar-refractivity contribution is 9.10. The molecule has 9 heteroatoms. The molecule has 0 aliphatic carbocycles. The van der Waals surface area contributed by atoms with Gasteiger partial charge in [0.25, 0.3) is 0 Å². The number of halogens is 1. The van der Waals surface area contributed by atoms with Gasteiger partial charge in [-0.05, 0) is 37.0 Å². The third-order valence-electron chi connectivity index (χ3n) is 5.93. The summed E-state index contributed by atoms with van der Waals surface area (Å²) in [4.78, 5) is 42.6. The number of piperazine rings is 1. The van der Waals surface area contributed by atoms with Crippen LogP contribution in [0.15, 0.2) is 28.7 Å². The Morgan fingerprint density at radius 3 is 1.97 bits per heavy atom. The molecule has 3 heterocycles. The van der Waals surface area contributed by atoms with Crippen molar-refractivity contribution in [2.24, 2.45) is 0 Å². The number of nitrogens with zero attached hydrogens (tertiary/aromatic N) is 3. The van der Waals surface area contributed by atoms with Crippen LogP contribution in [0.4, 0.5) is 0 Å². The highest BCUT2D eigenvalue weighted by atomic mass is 79.9. The van der Waals surface area contributed by atoms with Gasteiger partial charge in [0.2, 0.25) is 5.91 Å². The van der Waals surface area contributed by atoms with Gasteiger partial charge in [-0.1, -0.05) is 28.1 Å². The lowest BCUT2D eigenvalue weighted by Crippen LogP contribution is -2.56. The maximum atomic E-state index is 12.9. The van der Waals surface area contributed by atoms with Gasteiger partial charge < -0.3 is 14.7 Å². The van der Waals surface area contributed by atoms with E-state index in [2.05, 4.69) is 26.8 Å². The molecule has 156 valence electrons. The lowest BCUT2D eigenvalue weighted by molar-refractivity contribution is -0.153.